The number of carbonyl (C=O) groups excluding carboxylic acids is 2. The van der Waals surface area contributed by atoms with E-state index in [2.05, 4.69) is 5.32 Å². The van der Waals surface area contributed by atoms with Gasteiger partial charge in [-0.2, -0.15) is 0 Å². The topological polar surface area (TPSA) is 86.8 Å². The van der Waals surface area contributed by atoms with Gasteiger partial charge in [0.2, 0.25) is 21.8 Å². The zero-order valence-electron chi connectivity index (χ0n) is 24.9. The van der Waals surface area contributed by atoms with Crippen LogP contribution in [0, 0.1) is 6.92 Å². The third-order valence-electron chi connectivity index (χ3n) is 7.99. The Bertz CT molecular complexity index is 1560. The first-order chi connectivity index (χ1) is 20.9. The molecule has 1 aliphatic carbocycles. The van der Waals surface area contributed by atoms with Gasteiger partial charge in [-0.05, 0) is 67.1 Å². The molecule has 44 heavy (non-hydrogen) atoms. The number of halogens is 3. The number of amides is 2. The first-order valence-electron chi connectivity index (χ1n) is 14.7. The highest BCUT2D eigenvalue weighted by Gasteiger charge is 2.32. The van der Waals surface area contributed by atoms with Crippen LogP contribution >= 0.6 is 34.8 Å². The molecule has 7 nitrogen and oxygen atoms in total. The van der Waals surface area contributed by atoms with Gasteiger partial charge in [-0.3, -0.25) is 13.9 Å². The van der Waals surface area contributed by atoms with Crippen molar-refractivity contribution in [2.24, 2.45) is 0 Å². The monoisotopic (exact) mass is 677 g/mol. The number of carbonyl (C=O) groups is 2. The molecule has 0 spiro atoms. The van der Waals surface area contributed by atoms with Crippen molar-refractivity contribution in [3.8, 4) is 0 Å². The van der Waals surface area contributed by atoms with Gasteiger partial charge in [0.25, 0.3) is 0 Å². The van der Waals surface area contributed by atoms with Crippen molar-refractivity contribution in [2.75, 3.05) is 17.1 Å². The van der Waals surface area contributed by atoms with E-state index >= 15 is 0 Å². The van der Waals surface area contributed by atoms with E-state index in [1.807, 2.05) is 30.3 Å². The van der Waals surface area contributed by atoms with Crippen molar-refractivity contribution in [3.05, 3.63) is 98.5 Å². The summed E-state index contributed by atoms with van der Waals surface area (Å²) in [6.45, 7) is 1.92. The first-order valence-corrected chi connectivity index (χ1v) is 17.7. The van der Waals surface area contributed by atoms with Crippen LogP contribution in [-0.4, -0.2) is 50.0 Å². The maximum absolute atomic E-state index is 14.1. The van der Waals surface area contributed by atoms with E-state index in [1.54, 1.807) is 48.2 Å². The van der Waals surface area contributed by atoms with Gasteiger partial charge in [0.1, 0.15) is 6.04 Å². The zero-order valence-corrected chi connectivity index (χ0v) is 28.0. The lowest BCUT2D eigenvalue weighted by atomic mass is 10.0. The van der Waals surface area contributed by atoms with Crippen LogP contribution in [0.3, 0.4) is 0 Å². The van der Waals surface area contributed by atoms with Crippen LogP contribution in [0.1, 0.15) is 55.2 Å². The van der Waals surface area contributed by atoms with E-state index in [0.29, 0.717) is 38.3 Å². The van der Waals surface area contributed by atoms with E-state index in [0.717, 1.165) is 37.5 Å². The molecule has 0 heterocycles. The third kappa shape index (κ3) is 9.13. The maximum Gasteiger partial charge on any atom is 0.243 e. The fraction of sp³-hybridized carbons (Fsp3) is 0.394. The predicted octanol–water partition coefficient (Wildman–Crippen LogP) is 7.20. The second kappa shape index (κ2) is 15.5. The molecule has 0 unspecified atom stereocenters. The van der Waals surface area contributed by atoms with Gasteiger partial charge in [0, 0.05) is 47.0 Å². The highest BCUT2D eigenvalue weighted by molar-refractivity contribution is 7.92. The van der Waals surface area contributed by atoms with Crippen LogP contribution in [0.5, 0.6) is 0 Å². The lowest BCUT2D eigenvalue weighted by molar-refractivity contribution is -0.141. The third-order valence-corrected chi connectivity index (χ3v) is 10.2. The van der Waals surface area contributed by atoms with Crippen LogP contribution < -0.4 is 9.62 Å². The molecule has 1 N–H and O–H groups in total. The molecule has 1 atom stereocenters. The van der Waals surface area contributed by atoms with Gasteiger partial charge < -0.3 is 10.2 Å². The summed E-state index contributed by atoms with van der Waals surface area (Å²) in [4.78, 5) is 29.5. The van der Waals surface area contributed by atoms with E-state index in [4.69, 9.17) is 34.8 Å². The molecule has 1 aliphatic rings. The Hall–Kier alpha value is -2.78. The number of nitrogens with one attached hydrogen (secondary N) is 1. The lowest BCUT2D eigenvalue weighted by Crippen LogP contribution is -2.52. The van der Waals surface area contributed by atoms with Crippen molar-refractivity contribution < 1.29 is 18.0 Å². The summed E-state index contributed by atoms with van der Waals surface area (Å²) in [5.41, 5.74) is 2.67. The number of sulfonamides is 1. The fourth-order valence-corrected chi connectivity index (χ4v) is 7.26. The van der Waals surface area contributed by atoms with Gasteiger partial charge in [-0.15, -0.1) is 0 Å². The molecular weight excluding hydrogens is 641 g/mol. The summed E-state index contributed by atoms with van der Waals surface area (Å²) in [7, 11) is -3.66. The predicted molar refractivity (Wildman–Crippen MR) is 179 cm³/mol. The van der Waals surface area contributed by atoms with Crippen LogP contribution in [0.4, 0.5) is 5.69 Å². The van der Waals surface area contributed by atoms with E-state index in [1.165, 1.54) is 4.31 Å². The van der Waals surface area contributed by atoms with Crippen LogP contribution in [-0.2, 0) is 32.6 Å². The normalized spacial score (nSPS) is 14.3. The number of hydrogen-bond donors (Lipinski definition) is 1. The Kier molecular flexibility index (Phi) is 12.0. The second-order valence-corrected chi connectivity index (χ2v) is 14.4. The molecule has 3 aromatic carbocycles. The molecule has 236 valence electrons. The summed E-state index contributed by atoms with van der Waals surface area (Å²) in [5.74, 6) is -0.499. The summed E-state index contributed by atoms with van der Waals surface area (Å²) in [6.07, 6.45) is 5.61. The molecular formula is C33H38Cl3N3O4S. The van der Waals surface area contributed by atoms with E-state index in [9.17, 15) is 18.0 Å². The minimum Gasteiger partial charge on any atom is -0.352 e. The van der Waals surface area contributed by atoms with Gasteiger partial charge in [0.05, 0.1) is 11.9 Å². The minimum absolute atomic E-state index is 0.0127. The zero-order chi connectivity index (χ0) is 31.9. The molecule has 1 fully saturated rings. The second-order valence-electron chi connectivity index (χ2n) is 11.3. The Labute approximate surface area is 275 Å². The van der Waals surface area contributed by atoms with Gasteiger partial charge >= 0.3 is 0 Å². The van der Waals surface area contributed by atoms with Crippen molar-refractivity contribution >= 4 is 62.3 Å². The number of anilines is 1. The molecule has 0 bridgehead atoms. The average Bonchev–Trinajstić information content (AvgIpc) is 3.48. The molecule has 1 saturated carbocycles. The molecule has 0 aromatic heterocycles. The summed E-state index contributed by atoms with van der Waals surface area (Å²) in [5, 5.41) is 4.50. The Balaban J connectivity index is 1.62. The van der Waals surface area contributed by atoms with Gasteiger partial charge in [-0.25, -0.2) is 8.42 Å². The largest absolute Gasteiger partial charge is 0.352 e. The standard InChI is InChI=1S/C33H38Cl3N3O4S/c1-23-28(35)14-8-15-30(23)39(44(2,42)43)19-9-16-32(40)38(22-25-17-18-26(34)21-29(25)36)31(20-24-10-4-3-5-11-24)33(41)37-27-12-6-7-13-27/h3-5,8,10-11,14-15,17-18,21,27,31H,6-7,9,12-13,16,19-20,22H2,1-2H3,(H,37,41)/t31-/m0/s1. The lowest BCUT2D eigenvalue weighted by Gasteiger charge is -2.33. The fourth-order valence-electron chi connectivity index (χ4n) is 5.60. The first kappa shape index (κ1) is 34.1. The van der Waals surface area contributed by atoms with Crippen molar-refractivity contribution in [1.82, 2.24) is 10.2 Å². The number of benzene rings is 3. The smallest absolute Gasteiger partial charge is 0.243 e. The molecule has 0 radical (unpaired) electrons. The molecule has 2 amide bonds. The van der Waals surface area contributed by atoms with E-state index in [-0.39, 0.29) is 43.8 Å². The Morgan fingerprint density at radius 2 is 1.66 bits per heavy atom. The van der Waals surface area contributed by atoms with Crippen LogP contribution in [0.15, 0.2) is 66.7 Å². The quantitative estimate of drug-likeness (QED) is 0.207. The van der Waals surface area contributed by atoms with Gasteiger partial charge in [-0.1, -0.05) is 90.1 Å². The highest BCUT2D eigenvalue weighted by atomic mass is 35.5. The number of rotatable bonds is 13. The molecule has 0 aliphatic heterocycles. The summed E-state index contributed by atoms with van der Waals surface area (Å²) in [6, 6.07) is 19.0. The minimum atomic E-state index is -3.66. The van der Waals surface area contributed by atoms with Crippen LogP contribution in [0.2, 0.25) is 15.1 Å². The Morgan fingerprint density at radius 3 is 2.32 bits per heavy atom. The van der Waals surface area contributed by atoms with Crippen molar-refractivity contribution in [2.45, 2.75) is 70.5 Å². The summed E-state index contributed by atoms with van der Waals surface area (Å²) < 4.78 is 26.8. The summed E-state index contributed by atoms with van der Waals surface area (Å²) >= 11 is 19.0. The SMILES string of the molecule is Cc1c(Cl)cccc1N(CCCC(=O)N(Cc1ccc(Cl)cc1Cl)[C@@H](Cc1ccccc1)C(=O)NC1CCCC1)S(C)(=O)=O. The number of hydrogen-bond acceptors (Lipinski definition) is 4. The Morgan fingerprint density at radius 1 is 0.955 bits per heavy atom. The number of nitrogens with zero attached hydrogens (tertiary/aromatic N) is 2. The van der Waals surface area contributed by atoms with E-state index < -0.39 is 16.1 Å². The average molecular weight is 679 g/mol. The molecule has 4 rings (SSSR count). The highest BCUT2D eigenvalue weighted by Crippen LogP contribution is 2.29. The maximum atomic E-state index is 14.1. The molecule has 11 heteroatoms. The molecule has 0 saturated heterocycles. The molecule has 3 aromatic rings. The van der Waals surface area contributed by atoms with Gasteiger partial charge in [0.15, 0.2) is 0 Å². The van der Waals surface area contributed by atoms with Crippen molar-refractivity contribution in [1.29, 1.82) is 0 Å². The van der Waals surface area contributed by atoms with Crippen LogP contribution in [0.25, 0.3) is 0 Å². The van der Waals surface area contributed by atoms with Crippen molar-refractivity contribution in [3.63, 3.8) is 0 Å².